The maximum absolute atomic E-state index is 11.9. The third-order valence-corrected chi connectivity index (χ3v) is 4.17. The molecule has 2 rings (SSSR count). The molecule has 0 unspecified atom stereocenters. The van der Waals surface area contributed by atoms with Crippen LogP contribution in [0.3, 0.4) is 0 Å². The summed E-state index contributed by atoms with van der Waals surface area (Å²) < 4.78 is 0. The number of benzene rings is 1. The smallest absolute Gasteiger partial charge is 0.228 e. The summed E-state index contributed by atoms with van der Waals surface area (Å²) in [7, 11) is 1.68. The number of aryl methyl sites for hydroxylation is 1. The van der Waals surface area contributed by atoms with Gasteiger partial charge in [-0.05, 0) is 24.1 Å². The Kier molecular flexibility index (Phi) is 5.91. The van der Waals surface area contributed by atoms with E-state index in [1.807, 2.05) is 17.5 Å². The molecule has 0 spiro atoms. The zero-order valence-corrected chi connectivity index (χ0v) is 13.7. The molecule has 2 aromatic rings. The number of hydrogen-bond acceptors (Lipinski definition) is 5. The number of carbonyl (C=O) groups excluding carboxylic acids is 1. The monoisotopic (exact) mass is 319 g/mol. The van der Waals surface area contributed by atoms with Crippen molar-refractivity contribution >= 4 is 28.1 Å². The number of nitrogens with zero attached hydrogens (tertiary/aromatic N) is 2. The van der Waals surface area contributed by atoms with E-state index in [1.165, 1.54) is 21.8 Å². The lowest BCUT2D eigenvalue weighted by Gasteiger charge is -2.14. The summed E-state index contributed by atoms with van der Waals surface area (Å²) in [6, 6.07) is 8.23. The minimum atomic E-state index is -0.0433. The first-order valence-corrected chi connectivity index (χ1v) is 8.15. The van der Waals surface area contributed by atoms with Gasteiger partial charge in [-0.15, -0.1) is 11.3 Å². The summed E-state index contributed by atoms with van der Waals surface area (Å²) in [6.45, 7) is 2.44. The number of rotatable bonds is 7. The Labute approximate surface area is 134 Å². The van der Waals surface area contributed by atoms with Crippen molar-refractivity contribution in [3.05, 3.63) is 40.9 Å². The first kappa shape index (κ1) is 16.5. The summed E-state index contributed by atoms with van der Waals surface area (Å²) in [5.74, 6) is -0.0433. The lowest BCUT2D eigenvalue weighted by atomic mass is 10.1. The Morgan fingerprint density at radius 1 is 1.36 bits per heavy atom. The van der Waals surface area contributed by atoms with Crippen LogP contribution in [0, 0.1) is 0 Å². The number of aliphatic hydroxyl groups excluding tert-OH is 1. The van der Waals surface area contributed by atoms with Crippen molar-refractivity contribution in [2.75, 3.05) is 25.5 Å². The van der Waals surface area contributed by atoms with Gasteiger partial charge in [0.25, 0.3) is 0 Å². The molecule has 1 heterocycles. The van der Waals surface area contributed by atoms with Crippen LogP contribution in [0.2, 0.25) is 0 Å². The minimum absolute atomic E-state index is 0.0279. The number of anilines is 2. The fraction of sp³-hybridized carbons (Fsp3) is 0.375. The Hall–Kier alpha value is -1.92. The molecular weight excluding hydrogens is 298 g/mol. The number of amides is 1. The molecule has 0 saturated carbocycles. The Bertz CT molecular complexity index is 610. The number of likely N-dealkylation sites (N-methyl/N-ethyl adjacent to an activating group) is 1. The van der Waals surface area contributed by atoms with Crippen LogP contribution in [-0.4, -0.2) is 41.1 Å². The van der Waals surface area contributed by atoms with Crippen LogP contribution in [0.4, 0.5) is 10.8 Å². The average Bonchev–Trinajstić information content (AvgIpc) is 2.95. The molecule has 1 aromatic carbocycles. The molecule has 0 aliphatic heterocycles. The van der Waals surface area contributed by atoms with Crippen molar-refractivity contribution in [1.82, 2.24) is 9.88 Å². The fourth-order valence-corrected chi connectivity index (χ4v) is 2.69. The minimum Gasteiger partial charge on any atom is -0.395 e. The lowest BCUT2D eigenvalue weighted by molar-refractivity contribution is -0.129. The number of aliphatic hydroxyl groups is 1. The number of aromatic nitrogens is 1. The average molecular weight is 319 g/mol. The Morgan fingerprint density at radius 3 is 2.73 bits per heavy atom. The highest BCUT2D eigenvalue weighted by Gasteiger charge is 2.11. The van der Waals surface area contributed by atoms with Gasteiger partial charge in [0, 0.05) is 24.7 Å². The second-order valence-electron chi connectivity index (χ2n) is 5.04. The summed E-state index contributed by atoms with van der Waals surface area (Å²) in [5.41, 5.74) is 3.03. The van der Waals surface area contributed by atoms with Crippen LogP contribution >= 0.6 is 11.3 Å². The van der Waals surface area contributed by atoms with Gasteiger partial charge in [-0.3, -0.25) is 4.79 Å². The van der Waals surface area contributed by atoms with Gasteiger partial charge in [0.2, 0.25) is 5.91 Å². The third-order valence-electron chi connectivity index (χ3n) is 3.36. The van der Waals surface area contributed by atoms with Gasteiger partial charge in [0.15, 0.2) is 5.13 Å². The van der Waals surface area contributed by atoms with Crippen molar-refractivity contribution in [2.45, 2.75) is 19.8 Å². The van der Waals surface area contributed by atoms with E-state index in [4.69, 9.17) is 5.11 Å². The fourth-order valence-electron chi connectivity index (χ4n) is 1.96. The molecule has 0 bridgehead atoms. The van der Waals surface area contributed by atoms with Gasteiger partial charge in [-0.2, -0.15) is 0 Å². The molecule has 22 heavy (non-hydrogen) atoms. The van der Waals surface area contributed by atoms with Gasteiger partial charge < -0.3 is 15.3 Å². The largest absolute Gasteiger partial charge is 0.395 e. The van der Waals surface area contributed by atoms with E-state index >= 15 is 0 Å². The molecule has 2 N–H and O–H groups in total. The second-order valence-corrected chi connectivity index (χ2v) is 5.89. The van der Waals surface area contributed by atoms with Crippen LogP contribution in [0.25, 0.3) is 0 Å². The molecule has 0 saturated heterocycles. The highest BCUT2D eigenvalue weighted by Crippen LogP contribution is 2.21. The van der Waals surface area contributed by atoms with Crippen LogP contribution in [0.15, 0.2) is 29.6 Å². The predicted molar refractivity (Wildman–Crippen MR) is 89.6 cm³/mol. The molecule has 5 nitrogen and oxygen atoms in total. The lowest BCUT2D eigenvalue weighted by Crippen LogP contribution is -2.30. The first-order chi connectivity index (χ1) is 10.6. The molecule has 0 atom stereocenters. The van der Waals surface area contributed by atoms with Gasteiger partial charge in [0.1, 0.15) is 0 Å². The molecular formula is C16H21N3O2S. The SMILES string of the molecule is CCc1ccc(Nc2nc(CC(=O)N(C)CCO)cs2)cc1. The van der Waals surface area contributed by atoms with E-state index in [0.29, 0.717) is 6.54 Å². The maximum Gasteiger partial charge on any atom is 0.228 e. The van der Waals surface area contributed by atoms with Crippen LogP contribution in [-0.2, 0) is 17.6 Å². The van der Waals surface area contributed by atoms with E-state index in [9.17, 15) is 4.79 Å². The zero-order chi connectivity index (χ0) is 15.9. The highest BCUT2D eigenvalue weighted by atomic mass is 32.1. The normalized spacial score (nSPS) is 10.5. The quantitative estimate of drug-likeness (QED) is 0.823. The number of thiazole rings is 1. The molecule has 6 heteroatoms. The van der Waals surface area contributed by atoms with E-state index in [2.05, 4.69) is 29.4 Å². The van der Waals surface area contributed by atoms with Crippen molar-refractivity contribution in [3.63, 3.8) is 0 Å². The number of carbonyl (C=O) groups is 1. The van der Waals surface area contributed by atoms with E-state index in [-0.39, 0.29) is 18.9 Å². The summed E-state index contributed by atoms with van der Waals surface area (Å²) in [4.78, 5) is 17.8. The van der Waals surface area contributed by atoms with Crippen molar-refractivity contribution in [2.24, 2.45) is 0 Å². The summed E-state index contributed by atoms with van der Waals surface area (Å²) in [6.07, 6.45) is 1.27. The standard InChI is InChI=1S/C16H21N3O2S/c1-3-12-4-6-13(7-5-12)17-16-18-14(11-22-16)10-15(21)19(2)8-9-20/h4-7,11,20H,3,8-10H2,1-2H3,(H,17,18). The second kappa shape index (κ2) is 7.91. The maximum atomic E-state index is 11.9. The Balaban J connectivity index is 1.94. The zero-order valence-electron chi connectivity index (χ0n) is 12.9. The molecule has 0 fully saturated rings. The summed E-state index contributed by atoms with van der Waals surface area (Å²) >= 11 is 1.48. The molecule has 0 radical (unpaired) electrons. The van der Waals surface area contributed by atoms with Crippen molar-refractivity contribution in [1.29, 1.82) is 0 Å². The molecule has 0 aliphatic rings. The van der Waals surface area contributed by atoms with E-state index in [0.717, 1.165) is 22.9 Å². The molecule has 0 aliphatic carbocycles. The predicted octanol–water partition coefficient (Wildman–Crippen LogP) is 2.44. The molecule has 1 amide bonds. The van der Waals surface area contributed by atoms with Crippen molar-refractivity contribution in [3.8, 4) is 0 Å². The summed E-state index contributed by atoms with van der Waals surface area (Å²) in [5, 5.41) is 14.7. The van der Waals surface area contributed by atoms with Crippen LogP contribution in [0.5, 0.6) is 0 Å². The highest BCUT2D eigenvalue weighted by molar-refractivity contribution is 7.13. The van der Waals surface area contributed by atoms with Crippen molar-refractivity contribution < 1.29 is 9.90 Å². The van der Waals surface area contributed by atoms with Gasteiger partial charge in [0.05, 0.1) is 18.7 Å². The topological polar surface area (TPSA) is 65.5 Å². The van der Waals surface area contributed by atoms with E-state index < -0.39 is 0 Å². The molecule has 1 aromatic heterocycles. The third kappa shape index (κ3) is 4.54. The first-order valence-electron chi connectivity index (χ1n) is 7.27. The van der Waals surface area contributed by atoms with Gasteiger partial charge >= 0.3 is 0 Å². The Morgan fingerprint density at radius 2 is 2.09 bits per heavy atom. The van der Waals surface area contributed by atoms with Crippen LogP contribution < -0.4 is 5.32 Å². The van der Waals surface area contributed by atoms with Gasteiger partial charge in [-0.1, -0.05) is 19.1 Å². The van der Waals surface area contributed by atoms with E-state index in [1.54, 1.807) is 7.05 Å². The van der Waals surface area contributed by atoms with Gasteiger partial charge in [-0.25, -0.2) is 4.98 Å². The molecule has 118 valence electrons. The van der Waals surface area contributed by atoms with Crippen LogP contribution in [0.1, 0.15) is 18.2 Å². The number of nitrogens with one attached hydrogen (secondary N) is 1. The number of hydrogen-bond donors (Lipinski definition) is 2.